The fourth-order valence-corrected chi connectivity index (χ4v) is 7.70. The summed E-state index contributed by atoms with van der Waals surface area (Å²) in [5, 5.41) is 3.78. The van der Waals surface area contributed by atoms with E-state index in [-0.39, 0.29) is 41.4 Å². The number of alkyl halides is 1. The fourth-order valence-electron chi connectivity index (χ4n) is 7.70. The molecule has 1 aromatic carbocycles. The third-order valence-electron chi connectivity index (χ3n) is 10.5. The van der Waals surface area contributed by atoms with Gasteiger partial charge >= 0.3 is 5.97 Å². The third kappa shape index (κ3) is 7.88. The summed E-state index contributed by atoms with van der Waals surface area (Å²) in [6.07, 6.45) is 8.47. The van der Waals surface area contributed by atoms with Crippen molar-refractivity contribution in [3.63, 3.8) is 0 Å². The van der Waals surface area contributed by atoms with Gasteiger partial charge in [-0.15, -0.1) is 0 Å². The summed E-state index contributed by atoms with van der Waals surface area (Å²) in [6.45, 7) is 4.47. The van der Waals surface area contributed by atoms with Crippen molar-refractivity contribution >= 4 is 34.4 Å². The van der Waals surface area contributed by atoms with Crippen LogP contribution in [0.5, 0.6) is 0 Å². The minimum atomic E-state index is -0.570. The first kappa shape index (κ1) is 33.4. The lowest BCUT2D eigenvalue weighted by Gasteiger charge is -2.37. The van der Waals surface area contributed by atoms with Crippen molar-refractivity contribution in [1.29, 1.82) is 0 Å². The van der Waals surface area contributed by atoms with E-state index in [1.807, 2.05) is 4.90 Å². The molecule has 2 aromatic rings. The number of rotatable bonds is 11. The number of nitrogens with two attached hydrogens (primary N) is 1. The number of esters is 1. The number of benzene rings is 1. The number of methoxy groups -OCH3 is 1. The van der Waals surface area contributed by atoms with E-state index in [2.05, 4.69) is 19.2 Å². The monoisotopic (exact) mass is 627 g/mol. The summed E-state index contributed by atoms with van der Waals surface area (Å²) in [6, 6.07) is 5.87. The molecule has 9 nitrogen and oxygen atoms in total. The van der Waals surface area contributed by atoms with Crippen molar-refractivity contribution in [2.24, 2.45) is 35.3 Å². The molecule has 1 saturated heterocycles. The zero-order chi connectivity index (χ0) is 32.1. The lowest BCUT2D eigenvalue weighted by molar-refractivity contribution is -0.142. The van der Waals surface area contributed by atoms with Crippen molar-refractivity contribution in [3.8, 4) is 0 Å². The molecule has 2 aliphatic carbocycles. The van der Waals surface area contributed by atoms with E-state index in [0.717, 1.165) is 51.4 Å². The van der Waals surface area contributed by atoms with E-state index in [1.54, 1.807) is 31.4 Å². The molecule has 2 saturated carbocycles. The number of nitrogens with one attached hydrogen (secondary N) is 1. The molecular weight excluding hydrogens is 577 g/mol. The van der Waals surface area contributed by atoms with Crippen LogP contribution in [0.25, 0.3) is 11.0 Å². The number of anilines is 1. The molecule has 5 rings (SSSR count). The molecule has 248 valence electrons. The maximum Gasteiger partial charge on any atom is 0.374 e. The number of hydrogen-bond acceptors (Lipinski definition) is 7. The second-order valence-corrected chi connectivity index (χ2v) is 13.8. The van der Waals surface area contributed by atoms with Crippen LogP contribution in [-0.2, 0) is 19.1 Å². The van der Waals surface area contributed by atoms with Crippen LogP contribution in [0.1, 0.15) is 88.6 Å². The molecule has 3 aliphatic rings. The average molecular weight is 628 g/mol. The predicted octanol–water partition coefficient (Wildman–Crippen LogP) is 6.10. The van der Waals surface area contributed by atoms with Crippen LogP contribution < -0.4 is 11.1 Å². The molecule has 2 heterocycles. The highest BCUT2D eigenvalue weighted by Gasteiger charge is 2.47. The Balaban J connectivity index is 1.30. The van der Waals surface area contributed by atoms with Crippen molar-refractivity contribution in [3.05, 3.63) is 30.0 Å². The van der Waals surface area contributed by atoms with Gasteiger partial charge in [-0.25, -0.2) is 9.18 Å². The largest absolute Gasteiger partial charge is 0.460 e. The van der Waals surface area contributed by atoms with Crippen LogP contribution >= 0.6 is 0 Å². The number of halogens is 1. The van der Waals surface area contributed by atoms with Crippen molar-refractivity contribution in [2.45, 2.75) is 96.2 Å². The van der Waals surface area contributed by atoms with Crippen molar-refractivity contribution in [1.82, 2.24) is 4.90 Å². The summed E-state index contributed by atoms with van der Waals surface area (Å²) >= 11 is 0. The normalized spacial score (nSPS) is 27.9. The van der Waals surface area contributed by atoms with Gasteiger partial charge in [0, 0.05) is 36.7 Å². The Labute approximate surface area is 265 Å². The van der Waals surface area contributed by atoms with Crippen LogP contribution in [0.2, 0.25) is 0 Å². The van der Waals surface area contributed by atoms with Crippen LogP contribution in [0, 0.1) is 29.6 Å². The van der Waals surface area contributed by atoms with E-state index in [1.165, 1.54) is 0 Å². The molecule has 3 N–H and O–H groups in total. The summed E-state index contributed by atoms with van der Waals surface area (Å²) in [4.78, 5) is 42.4. The molecule has 3 fully saturated rings. The van der Waals surface area contributed by atoms with Crippen LogP contribution in [0.4, 0.5) is 10.1 Å². The number of fused-ring (bicyclic) bond motifs is 1. The fraction of sp³-hybridized carbons (Fsp3) is 0.686. The van der Waals surface area contributed by atoms with Crippen LogP contribution in [0.3, 0.4) is 0 Å². The summed E-state index contributed by atoms with van der Waals surface area (Å²) < 4.78 is 29.8. The van der Waals surface area contributed by atoms with E-state index < -0.39 is 24.7 Å². The number of carbonyl (C=O) groups excluding carboxylic acids is 3. The highest BCUT2D eigenvalue weighted by atomic mass is 19.1. The molecule has 45 heavy (non-hydrogen) atoms. The Morgan fingerprint density at radius 3 is 2.44 bits per heavy atom. The SMILES string of the molecule is COC1CCC([C@@H]2CCN(C(=O)C3CCC([C@H](N)CF)CC3)[C@@H]2C(=O)Nc2ccc3oc(C(=O)OCCC(C)C)cc3c2)CC1. The van der Waals surface area contributed by atoms with Crippen LogP contribution in [-0.4, -0.2) is 67.8 Å². The lowest BCUT2D eigenvalue weighted by Crippen LogP contribution is -2.50. The van der Waals surface area contributed by atoms with Gasteiger partial charge in [-0.05, 0) is 112 Å². The Morgan fingerprint density at radius 2 is 1.78 bits per heavy atom. The van der Waals surface area contributed by atoms with Gasteiger partial charge in [-0.3, -0.25) is 9.59 Å². The summed E-state index contributed by atoms with van der Waals surface area (Å²) in [7, 11) is 1.75. The first-order valence-corrected chi connectivity index (χ1v) is 16.8. The van der Waals surface area contributed by atoms with E-state index in [9.17, 15) is 18.8 Å². The minimum absolute atomic E-state index is 0.0291. The van der Waals surface area contributed by atoms with E-state index in [4.69, 9.17) is 19.6 Å². The second kappa shape index (κ2) is 15.1. The van der Waals surface area contributed by atoms with Gasteiger partial charge < -0.3 is 29.8 Å². The molecule has 1 aromatic heterocycles. The molecule has 1 aliphatic heterocycles. The Morgan fingerprint density at radius 1 is 1.04 bits per heavy atom. The average Bonchev–Trinajstić information content (AvgIpc) is 3.69. The number of likely N-dealkylation sites (tertiary alicyclic amines) is 1. The van der Waals surface area contributed by atoms with Gasteiger partial charge in [0.25, 0.3) is 0 Å². The third-order valence-corrected chi connectivity index (χ3v) is 10.5. The zero-order valence-corrected chi connectivity index (χ0v) is 27.0. The molecule has 2 amide bonds. The Bertz CT molecular complexity index is 1310. The molecule has 0 spiro atoms. The van der Waals surface area contributed by atoms with Crippen molar-refractivity contribution in [2.75, 3.05) is 32.3 Å². The molecule has 0 radical (unpaired) electrons. The first-order chi connectivity index (χ1) is 21.7. The molecule has 10 heteroatoms. The second-order valence-electron chi connectivity index (χ2n) is 13.8. The highest BCUT2D eigenvalue weighted by molar-refractivity contribution is 6.00. The topological polar surface area (TPSA) is 124 Å². The van der Waals surface area contributed by atoms with E-state index in [0.29, 0.717) is 54.5 Å². The predicted molar refractivity (Wildman–Crippen MR) is 170 cm³/mol. The quantitative estimate of drug-likeness (QED) is 0.289. The molecular formula is C35H50FN3O6. The van der Waals surface area contributed by atoms with Gasteiger partial charge in [0.15, 0.2) is 0 Å². The number of furan rings is 1. The number of hydrogen-bond donors (Lipinski definition) is 2. The van der Waals surface area contributed by atoms with Gasteiger partial charge in [-0.2, -0.15) is 0 Å². The van der Waals surface area contributed by atoms with Gasteiger partial charge in [0.2, 0.25) is 17.6 Å². The van der Waals surface area contributed by atoms with Gasteiger partial charge in [-0.1, -0.05) is 13.8 Å². The number of carbonyl (C=O) groups is 3. The molecule has 3 atom stereocenters. The summed E-state index contributed by atoms with van der Waals surface area (Å²) in [5.74, 6) is 0.199. The number of amides is 2. The van der Waals surface area contributed by atoms with Gasteiger partial charge in [0.05, 0.1) is 12.7 Å². The summed E-state index contributed by atoms with van der Waals surface area (Å²) in [5.41, 5.74) is 7.07. The zero-order valence-electron chi connectivity index (χ0n) is 27.0. The standard InChI is InChI=1S/C35H50FN3O6/c1-21(2)15-17-44-35(42)31-19-25-18-26(10-13-30(25)45-31)38-33(40)32-28(22-8-11-27(43-3)12-9-22)14-16-39(32)34(41)24-6-4-23(5-7-24)29(37)20-36/h10,13,18-19,21-24,27-29,32H,4-9,11-12,14-17,20,37H2,1-3H3,(H,38,40)/t22?,23?,24?,27?,28-,29+,32-/m0/s1. The number of ether oxygens (including phenoxy) is 2. The number of nitrogens with zero attached hydrogens (tertiary/aromatic N) is 1. The Hall–Kier alpha value is -2.98. The maximum absolute atomic E-state index is 14.1. The lowest BCUT2D eigenvalue weighted by atomic mass is 9.75. The smallest absolute Gasteiger partial charge is 0.374 e. The highest BCUT2D eigenvalue weighted by Crippen LogP contribution is 2.42. The van der Waals surface area contributed by atoms with E-state index >= 15 is 0 Å². The molecule has 0 unspecified atom stereocenters. The molecule has 0 bridgehead atoms. The van der Waals surface area contributed by atoms with Crippen molar-refractivity contribution < 1.29 is 32.7 Å². The van der Waals surface area contributed by atoms with Crippen LogP contribution in [0.15, 0.2) is 28.7 Å². The van der Waals surface area contributed by atoms with Gasteiger partial charge in [0.1, 0.15) is 18.3 Å². The maximum atomic E-state index is 14.1. The Kier molecular flexibility index (Phi) is 11.2. The minimum Gasteiger partial charge on any atom is -0.460 e. The first-order valence-electron chi connectivity index (χ1n) is 16.8.